The molecule has 1 heterocycles. The van der Waals surface area contributed by atoms with Gasteiger partial charge in [-0.2, -0.15) is 0 Å². The Morgan fingerprint density at radius 1 is 1.77 bits per heavy atom. The zero-order valence-corrected chi connectivity index (χ0v) is 10.8. The van der Waals surface area contributed by atoms with Gasteiger partial charge in [0, 0.05) is 12.4 Å². The molecule has 0 spiro atoms. The van der Waals surface area contributed by atoms with Crippen molar-refractivity contribution in [2.45, 2.75) is 13.0 Å². The minimum absolute atomic E-state index is 0. The molecule has 1 aromatic rings. The van der Waals surface area contributed by atoms with Crippen molar-refractivity contribution in [2.75, 3.05) is 0 Å². The summed E-state index contributed by atoms with van der Waals surface area (Å²) in [5.41, 5.74) is 0.781. The predicted molar refractivity (Wildman–Crippen MR) is 42.9 cm³/mol. The number of H-pyrrole nitrogens is 1. The number of aliphatic carboxylic acids is 1. The molecule has 0 unspecified atom stereocenters. The summed E-state index contributed by atoms with van der Waals surface area (Å²) in [5, 5.41) is 10.2. The van der Waals surface area contributed by atoms with Crippen molar-refractivity contribution in [1.82, 2.24) is 4.98 Å². The molecule has 0 amide bonds. The topological polar surface area (TPSA) is 68.3 Å². The number of carboxylic acid groups (broad SMARTS) is 1. The molecular formula is C8H9KN2O2. The van der Waals surface area contributed by atoms with Crippen molar-refractivity contribution >= 4 is 12.2 Å². The van der Waals surface area contributed by atoms with Crippen molar-refractivity contribution in [2.24, 2.45) is 4.99 Å². The van der Waals surface area contributed by atoms with E-state index in [1.54, 1.807) is 12.3 Å². The van der Waals surface area contributed by atoms with Crippen LogP contribution in [0.5, 0.6) is 0 Å². The molecule has 64 valence electrons. The van der Waals surface area contributed by atoms with E-state index in [2.05, 4.69) is 9.98 Å². The second kappa shape index (κ2) is 6.50. The molecule has 5 heteroatoms. The number of nitrogens with zero attached hydrogens (tertiary/aromatic N) is 1. The average molecular weight is 204 g/mol. The number of hydrogen-bond acceptors (Lipinski definition) is 3. The first kappa shape index (κ1) is 13.1. The van der Waals surface area contributed by atoms with E-state index in [0.29, 0.717) is 0 Å². The Balaban J connectivity index is 0.00000144. The maximum absolute atomic E-state index is 10.2. The molecule has 13 heavy (non-hydrogen) atoms. The molecule has 0 saturated heterocycles. The predicted octanol–water partition coefficient (Wildman–Crippen LogP) is -3.42. The number of hydrogen-bond donors (Lipinski definition) is 1. The van der Waals surface area contributed by atoms with Gasteiger partial charge in [-0.3, -0.25) is 4.99 Å². The molecule has 1 N–H and O–H groups in total. The van der Waals surface area contributed by atoms with Crippen LogP contribution in [0.3, 0.4) is 0 Å². The zero-order chi connectivity index (χ0) is 8.97. The zero-order valence-electron chi connectivity index (χ0n) is 7.65. The first-order valence-corrected chi connectivity index (χ1v) is 3.57. The van der Waals surface area contributed by atoms with Crippen LogP contribution in [-0.2, 0) is 4.79 Å². The van der Waals surface area contributed by atoms with Gasteiger partial charge in [-0.05, 0) is 19.1 Å². The fraction of sp³-hybridized carbons (Fsp3) is 0.250. The molecule has 0 aromatic carbocycles. The summed E-state index contributed by atoms with van der Waals surface area (Å²) < 4.78 is 0. The van der Waals surface area contributed by atoms with Crippen LogP contribution in [0.25, 0.3) is 0 Å². The van der Waals surface area contributed by atoms with Crippen LogP contribution in [0, 0.1) is 0 Å². The van der Waals surface area contributed by atoms with E-state index in [9.17, 15) is 9.90 Å². The monoisotopic (exact) mass is 204 g/mol. The van der Waals surface area contributed by atoms with Gasteiger partial charge in [0.15, 0.2) is 0 Å². The van der Waals surface area contributed by atoms with Gasteiger partial charge in [-0.15, -0.1) is 0 Å². The van der Waals surface area contributed by atoms with Gasteiger partial charge in [0.25, 0.3) is 0 Å². The number of aliphatic imine (C=N–C) groups is 1. The molecule has 1 atom stereocenters. The van der Waals surface area contributed by atoms with Crippen LogP contribution < -0.4 is 56.5 Å². The molecule has 0 radical (unpaired) electrons. The maximum Gasteiger partial charge on any atom is 1.00 e. The van der Waals surface area contributed by atoms with E-state index >= 15 is 0 Å². The van der Waals surface area contributed by atoms with Gasteiger partial charge in [0.1, 0.15) is 0 Å². The molecule has 0 aliphatic rings. The molecule has 1 rings (SSSR count). The summed E-state index contributed by atoms with van der Waals surface area (Å²) in [5.74, 6) is -1.17. The second-order valence-corrected chi connectivity index (χ2v) is 2.40. The molecule has 0 bridgehead atoms. The Morgan fingerprint density at radius 2 is 2.46 bits per heavy atom. The normalized spacial score (nSPS) is 12.4. The van der Waals surface area contributed by atoms with Crippen LogP contribution in [-0.4, -0.2) is 23.2 Å². The van der Waals surface area contributed by atoms with Crippen molar-refractivity contribution in [3.63, 3.8) is 0 Å². The number of carboxylic acids is 1. The van der Waals surface area contributed by atoms with Crippen molar-refractivity contribution < 1.29 is 61.3 Å². The molecular weight excluding hydrogens is 195 g/mol. The SMILES string of the molecule is C[C@H](N=Cc1ccc[nH]1)C(=O)[O-].[K+]. The van der Waals surface area contributed by atoms with Crippen LogP contribution in [0.15, 0.2) is 23.3 Å². The average Bonchev–Trinajstić information content (AvgIpc) is 2.51. The van der Waals surface area contributed by atoms with Gasteiger partial charge in [-0.25, -0.2) is 0 Å². The van der Waals surface area contributed by atoms with E-state index in [1.807, 2.05) is 6.07 Å². The van der Waals surface area contributed by atoms with Gasteiger partial charge in [0.05, 0.1) is 17.7 Å². The van der Waals surface area contributed by atoms with Crippen LogP contribution in [0.4, 0.5) is 0 Å². The van der Waals surface area contributed by atoms with Gasteiger partial charge < -0.3 is 14.9 Å². The standard InChI is InChI=1S/C8H10N2O2.K/c1-6(8(11)12)10-5-7-3-2-4-9-7;/h2-6,9H,1H3,(H,11,12);/q;+1/p-1/t6-;/m0./s1. The number of aromatic nitrogens is 1. The van der Waals surface area contributed by atoms with E-state index in [-0.39, 0.29) is 51.4 Å². The third-order valence-corrected chi connectivity index (χ3v) is 1.40. The Morgan fingerprint density at radius 3 is 2.92 bits per heavy atom. The third-order valence-electron chi connectivity index (χ3n) is 1.40. The first-order chi connectivity index (χ1) is 5.70. The summed E-state index contributed by atoms with van der Waals surface area (Å²) in [6, 6.07) is 2.81. The van der Waals surface area contributed by atoms with E-state index in [1.165, 1.54) is 13.1 Å². The Bertz CT molecular complexity index is 282. The summed E-state index contributed by atoms with van der Waals surface area (Å²) in [6.07, 6.45) is 3.21. The summed E-state index contributed by atoms with van der Waals surface area (Å²) in [4.78, 5) is 16.8. The van der Waals surface area contributed by atoms with Crippen molar-refractivity contribution in [1.29, 1.82) is 0 Å². The third kappa shape index (κ3) is 4.73. The largest absolute Gasteiger partial charge is 1.00 e. The minimum Gasteiger partial charge on any atom is -0.548 e. The number of carbonyl (C=O) groups is 1. The molecule has 4 nitrogen and oxygen atoms in total. The number of carbonyl (C=O) groups excluding carboxylic acids is 1. The van der Waals surface area contributed by atoms with E-state index in [0.717, 1.165) is 5.69 Å². The number of rotatable bonds is 3. The second-order valence-electron chi connectivity index (χ2n) is 2.40. The van der Waals surface area contributed by atoms with E-state index in [4.69, 9.17) is 0 Å². The Hall–Kier alpha value is 0.0564. The summed E-state index contributed by atoms with van der Waals surface area (Å²) in [6.45, 7) is 1.47. The molecule has 0 aliphatic carbocycles. The minimum atomic E-state index is -1.17. The summed E-state index contributed by atoms with van der Waals surface area (Å²) >= 11 is 0. The number of nitrogens with one attached hydrogen (secondary N) is 1. The molecule has 0 aliphatic heterocycles. The fourth-order valence-corrected chi connectivity index (χ4v) is 0.677. The number of aromatic amines is 1. The first-order valence-electron chi connectivity index (χ1n) is 3.57. The smallest absolute Gasteiger partial charge is 0.548 e. The summed E-state index contributed by atoms with van der Waals surface area (Å²) in [7, 11) is 0. The molecule has 0 saturated carbocycles. The van der Waals surface area contributed by atoms with Crippen LogP contribution in [0.2, 0.25) is 0 Å². The van der Waals surface area contributed by atoms with Crippen LogP contribution >= 0.6 is 0 Å². The van der Waals surface area contributed by atoms with Crippen molar-refractivity contribution in [3.8, 4) is 0 Å². The maximum atomic E-state index is 10.2. The van der Waals surface area contributed by atoms with Crippen LogP contribution in [0.1, 0.15) is 12.6 Å². The van der Waals surface area contributed by atoms with Gasteiger partial charge >= 0.3 is 51.4 Å². The van der Waals surface area contributed by atoms with Gasteiger partial charge in [0.2, 0.25) is 0 Å². The molecule has 1 aromatic heterocycles. The van der Waals surface area contributed by atoms with Gasteiger partial charge in [-0.1, -0.05) is 0 Å². The quantitative estimate of drug-likeness (QED) is 0.411. The molecule has 0 fully saturated rings. The van der Waals surface area contributed by atoms with E-state index < -0.39 is 12.0 Å². The van der Waals surface area contributed by atoms with Crippen molar-refractivity contribution in [3.05, 3.63) is 24.0 Å². The Kier molecular flexibility index (Phi) is 6.53. The fourth-order valence-electron chi connectivity index (χ4n) is 0.677. The Labute approximate surface area is 119 Å².